The number of ether oxygens (including phenoxy) is 1. The second-order valence-corrected chi connectivity index (χ2v) is 8.42. The minimum absolute atomic E-state index is 0.184. The van der Waals surface area contributed by atoms with Gasteiger partial charge in [0, 0.05) is 12.5 Å². The van der Waals surface area contributed by atoms with Gasteiger partial charge in [0.2, 0.25) is 15.9 Å². The predicted octanol–water partition coefficient (Wildman–Crippen LogP) is 2.20. The third-order valence-electron chi connectivity index (χ3n) is 4.94. The highest BCUT2D eigenvalue weighted by Crippen LogP contribution is 2.35. The van der Waals surface area contributed by atoms with Gasteiger partial charge in [-0.05, 0) is 43.6 Å². The molecule has 2 aliphatic rings. The summed E-state index contributed by atoms with van der Waals surface area (Å²) in [6, 6.07) is 10.3. The molecule has 1 aliphatic heterocycles. The highest BCUT2D eigenvalue weighted by Gasteiger charge is 2.34. The van der Waals surface area contributed by atoms with Gasteiger partial charge in [-0.1, -0.05) is 30.3 Å². The molecule has 0 radical (unpaired) electrons. The largest absolute Gasteiger partial charge is 0.380 e. The minimum Gasteiger partial charge on any atom is -0.380 e. The van der Waals surface area contributed by atoms with Gasteiger partial charge in [0.25, 0.3) is 0 Å². The zero-order chi connectivity index (χ0) is 16.3. The van der Waals surface area contributed by atoms with Crippen LogP contribution in [0.25, 0.3) is 0 Å². The van der Waals surface area contributed by atoms with Crippen molar-refractivity contribution in [2.75, 3.05) is 13.2 Å². The molecule has 0 bridgehead atoms. The molecule has 1 aromatic carbocycles. The van der Waals surface area contributed by atoms with Crippen LogP contribution in [0.1, 0.15) is 43.6 Å². The zero-order valence-corrected chi connectivity index (χ0v) is 13.9. The van der Waals surface area contributed by atoms with E-state index in [1.165, 1.54) is 5.56 Å². The lowest BCUT2D eigenvalue weighted by Crippen LogP contribution is -2.42. The summed E-state index contributed by atoms with van der Waals surface area (Å²) in [4.78, 5) is 12.3. The van der Waals surface area contributed by atoms with Crippen LogP contribution in [-0.4, -0.2) is 32.8 Å². The van der Waals surface area contributed by atoms with Crippen molar-refractivity contribution in [3.63, 3.8) is 0 Å². The fraction of sp³-hybridized carbons (Fsp3) is 0.588. The van der Waals surface area contributed by atoms with Crippen LogP contribution in [0.2, 0.25) is 0 Å². The molecule has 126 valence electrons. The van der Waals surface area contributed by atoms with E-state index in [-0.39, 0.29) is 18.4 Å². The molecule has 3 rings (SSSR count). The van der Waals surface area contributed by atoms with Gasteiger partial charge < -0.3 is 4.74 Å². The van der Waals surface area contributed by atoms with Gasteiger partial charge in [-0.25, -0.2) is 8.42 Å². The quantitative estimate of drug-likeness (QED) is 0.914. The van der Waals surface area contributed by atoms with Crippen molar-refractivity contribution >= 4 is 15.9 Å². The Hall–Kier alpha value is -1.40. The lowest BCUT2D eigenvalue weighted by atomic mass is 9.78. The summed E-state index contributed by atoms with van der Waals surface area (Å²) >= 11 is 0. The average Bonchev–Trinajstić information content (AvgIpc) is 3.11. The Labute approximate surface area is 137 Å². The summed E-state index contributed by atoms with van der Waals surface area (Å²) in [6.45, 7) is 0.630. The third kappa shape index (κ3) is 3.93. The Morgan fingerprint density at radius 3 is 2.35 bits per heavy atom. The van der Waals surface area contributed by atoms with Crippen molar-refractivity contribution in [3.05, 3.63) is 35.9 Å². The molecule has 1 atom stereocenters. The maximum Gasteiger partial charge on any atom is 0.240 e. The number of rotatable bonds is 4. The van der Waals surface area contributed by atoms with Gasteiger partial charge in [0.15, 0.2) is 0 Å². The van der Waals surface area contributed by atoms with Crippen molar-refractivity contribution in [1.29, 1.82) is 0 Å². The van der Waals surface area contributed by atoms with Crippen LogP contribution >= 0.6 is 0 Å². The Balaban J connectivity index is 1.54. The van der Waals surface area contributed by atoms with Crippen molar-refractivity contribution < 1.29 is 17.9 Å². The molecule has 0 spiro atoms. The van der Waals surface area contributed by atoms with Gasteiger partial charge in [-0.3, -0.25) is 9.52 Å². The van der Waals surface area contributed by atoms with Crippen molar-refractivity contribution in [2.24, 2.45) is 5.92 Å². The summed E-state index contributed by atoms with van der Waals surface area (Å²) in [7, 11) is -3.60. The number of hydrogen-bond acceptors (Lipinski definition) is 4. The molecule has 23 heavy (non-hydrogen) atoms. The van der Waals surface area contributed by atoms with E-state index in [2.05, 4.69) is 16.9 Å². The Morgan fingerprint density at radius 2 is 1.74 bits per heavy atom. The number of sulfonamides is 1. The number of hydrogen-bond donors (Lipinski definition) is 1. The number of carbonyl (C=O) groups is 1. The molecule has 1 unspecified atom stereocenters. The molecule has 1 aliphatic carbocycles. The van der Waals surface area contributed by atoms with E-state index in [9.17, 15) is 13.2 Å². The van der Waals surface area contributed by atoms with E-state index in [0.29, 0.717) is 18.9 Å². The smallest absolute Gasteiger partial charge is 0.240 e. The predicted molar refractivity (Wildman–Crippen MR) is 87.4 cm³/mol. The SMILES string of the molecule is O=C(NS(=O)(=O)C1CCOC1)C1CCC(c2ccccc2)CC1. The highest BCUT2D eigenvalue weighted by molar-refractivity contribution is 7.90. The standard InChI is InChI=1S/C17H23NO4S/c19-17(18-23(20,21)16-10-11-22-12-16)15-8-6-14(7-9-15)13-4-2-1-3-5-13/h1-5,14-16H,6-12H2,(H,18,19). The van der Waals surface area contributed by atoms with E-state index in [0.717, 1.165) is 25.7 Å². The Bertz CT molecular complexity index is 630. The van der Waals surface area contributed by atoms with Crippen molar-refractivity contribution in [2.45, 2.75) is 43.3 Å². The number of nitrogens with one attached hydrogen (secondary N) is 1. The first-order valence-electron chi connectivity index (χ1n) is 8.24. The van der Waals surface area contributed by atoms with Gasteiger partial charge >= 0.3 is 0 Å². The Morgan fingerprint density at radius 1 is 1.04 bits per heavy atom. The number of benzene rings is 1. The topological polar surface area (TPSA) is 72.5 Å². The fourth-order valence-corrected chi connectivity index (χ4v) is 4.77. The molecule has 5 nitrogen and oxygen atoms in total. The summed E-state index contributed by atoms with van der Waals surface area (Å²) in [5.41, 5.74) is 1.31. The first-order valence-corrected chi connectivity index (χ1v) is 9.79. The van der Waals surface area contributed by atoms with Gasteiger partial charge in [-0.2, -0.15) is 0 Å². The van der Waals surface area contributed by atoms with Crippen LogP contribution < -0.4 is 4.72 Å². The molecule has 0 aromatic heterocycles. The first kappa shape index (κ1) is 16.5. The number of carbonyl (C=O) groups excluding carboxylic acids is 1. The normalized spacial score (nSPS) is 28.4. The zero-order valence-electron chi connectivity index (χ0n) is 13.1. The number of amides is 1. The van der Waals surface area contributed by atoms with Crippen LogP contribution in [0, 0.1) is 5.92 Å². The minimum atomic E-state index is -3.60. The summed E-state index contributed by atoms with van der Waals surface area (Å²) < 4.78 is 31.7. The highest BCUT2D eigenvalue weighted by atomic mass is 32.2. The lowest BCUT2D eigenvalue weighted by Gasteiger charge is -2.28. The van der Waals surface area contributed by atoms with Crippen molar-refractivity contribution in [3.8, 4) is 0 Å². The van der Waals surface area contributed by atoms with Crippen LogP contribution in [0.4, 0.5) is 0 Å². The summed E-state index contributed by atoms with van der Waals surface area (Å²) in [5.74, 6) is -0.0736. The second-order valence-electron chi connectivity index (χ2n) is 6.46. The maximum atomic E-state index is 12.3. The molecule has 1 heterocycles. The molecule has 2 fully saturated rings. The summed E-state index contributed by atoms with van der Waals surface area (Å²) in [6.07, 6.45) is 3.79. The summed E-state index contributed by atoms with van der Waals surface area (Å²) in [5, 5.41) is -0.591. The molecular formula is C17H23NO4S. The van der Waals surface area contributed by atoms with E-state index in [4.69, 9.17) is 4.74 Å². The molecule has 1 N–H and O–H groups in total. The van der Waals surface area contributed by atoms with Gasteiger partial charge in [-0.15, -0.1) is 0 Å². The maximum absolute atomic E-state index is 12.3. The van der Waals surface area contributed by atoms with E-state index in [1.807, 2.05) is 18.2 Å². The molecule has 1 aromatic rings. The van der Waals surface area contributed by atoms with Gasteiger partial charge in [0.1, 0.15) is 5.25 Å². The second kappa shape index (κ2) is 7.01. The lowest BCUT2D eigenvalue weighted by molar-refractivity contribution is -0.124. The first-order chi connectivity index (χ1) is 11.1. The molecule has 6 heteroatoms. The Kier molecular flexibility index (Phi) is 5.02. The molecule has 1 saturated heterocycles. The van der Waals surface area contributed by atoms with Crippen LogP contribution in [-0.2, 0) is 19.6 Å². The van der Waals surface area contributed by atoms with E-state index in [1.54, 1.807) is 0 Å². The molecule has 1 amide bonds. The van der Waals surface area contributed by atoms with Crippen LogP contribution in [0.3, 0.4) is 0 Å². The average molecular weight is 337 g/mol. The van der Waals surface area contributed by atoms with E-state index < -0.39 is 15.3 Å². The van der Waals surface area contributed by atoms with Crippen LogP contribution in [0.5, 0.6) is 0 Å². The molecular weight excluding hydrogens is 314 g/mol. The van der Waals surface area contributed by atoms with Crippen LogP contribution in [0.15, 0.2) is 30.3 Å². The van der Waals surface area contributed by atoms with Gasteiger partial charge in [0.05, 0.1) is 6.61 Å². The fourth-order valence-electron chi connectivity index (χ4n) is 3.48. The van der Waals surface area contributed by atoms with E-state index >= 15 is 0 Å². The van der Waals surface area contributed by atoms with Crippen molar-refractivity contribution in [1.82, 2.24) is 4.72 Å². The third-order valence-corrected chi connectivity index (χ3v) is 6.67. The molecule has 1 saturated carbocycles. The monoisotopic (exact) mass is 337 g/mol.